The Morgan fingerprint density at radius 1 is 1.53 bits per heavy atom. The third-order valence-corrected chi connectivity index (χ3v) is 2.26. The fraction of sp³-hybridized carbons (Fsp3) is 0.545. The number of pyridine rings is 1. The molecule has 0 saturated heterocycles. The van der Waals surface area contributed by atoms with E-state index in [1.807, 2.05) is 13.0 Å². The maximum atomic E-state index is 11.3. The summed E-state index contributed by atoms with van der Waals surface area (Å²) < 4.78 is 6.78. The van der Waals surface area contributed by atoms with Gasteiger partial charge in [-0.2, -0.15) is 0 Å². The Bertz CT molecular complexity index is 335. The van der Waals surface area contributed by atoms with E-state index < -0.39 is 0 Å². The third-order valence-electron chi connectivity index (χ3n) is 2.26. The Morgan fingerprint density at radius 2 is 2.33 bits per heavy atom. The minimum atomic E-state index is 0.0408. The van der Waals surface area contributed by atoms with Gasteiger partial charge in [-0.3, -0.25) is 4.79 Å². The fourth-order valence-corrected chi connectivity index (χ4v) is 1.23. The summed E-state index contributed by atoms with van der Waals surface area (Å²) in [7, 11) is 1.69. The van der Waals surface area contributed by atoms with Crippen molar-refractivity contribution in [2.75, 3.05) is 20.2 Å². The lowest BCUT2D eigenvalue weighted by molar-refractivity contribution is 0.117. The van der Waals surface area contributed by atoms with Crippen LogP contribution in [0.4, 0.5) is 0 Å². The van der Waals surface area contributed by atoms with Crippen LogP contribution in [0.15, 0.2) is 29.2 Å². The second kappa shape index (κ2) is 6.37. The summed E-state index contributed by atoms with van der Waals surface area (Å²) in [4.78, 5) is 11.3. The van der Waals surface area contributed by atoms with Crippen LogP contribution in [0.5, 0.6) is 0 Å². The zero-order chi connectivity index (χ0) is 11.1. The van der Waals surface area contributed by atoms with Crippen LogP contribution in [0.1, 0.15) is 6.92 Å². The monoisotopic (exact) mass is 210 g/mol. The van der Waals surface area contributed by atoms with Gasteiger partial charge >= 0.3 is 0 Å². The molecule has 0 aliphatic rings. The molecule has 1 aromatic rings. The van der Waals surface area contributed by atoms with E-state index in [-0.39, 0.29) is 11.7 Å². The Kier molecular flexibility index (Phi) is 5.07. The fourth-order valence-electron chi connectivity index (χ4n) is 1.23. The average molecular weight is 210 g/mol. The van der Waals surface area contributed by atoms with Gasteiger partial charge in [0.1, 0.15) is 0 Å². The Labute approximate surface area is 89.9 Å². The van der Waals surface area contributed by atoms with Gasteiger partial charge in [0.05, 0.1) is 6.10 Å². The highest BCUT2D eigenvalue weighted by Gasteiger charge is 1.98. The van der Waals surface area contributed by atoms with Gasteiger partial charge in [0, 0.05) is 39.0 Å². The number of nitrogens with one attached hydrogen (secondary N) is 1. The molecule has 15 heavy (non-hydrogen) atoms. The molecule has 0 aliphatic heterocycles. The molecule has 0 spiro atoms. The molecule has 0 radical (unpaired) electrons. The third kappa shape index (κ3) is 4.27. The minimum Gasteiger partial charge on any atom is -0.380 e. The zero-order valence-corrected chi connectivity index (χ0v) is 9.27. The first-order valence-corrected chi connectivity index (χ1v) is 5.13. The normalized spacial score (nSPS) is 12.7. The zero-order valence-electron chi connectivity index (χ0n) is 9.27. The number of rotatable bonds is 6. The maximum absolute atomic E-state index is 11.3. The Balaban J connectivity index is 2.26. The molecule has 4 heteroatoms. The van der Waals surface area contributed by atoms with E-state index in [0.717, 1.165) is 13.1 Å². The number of hydrogen-bond acceptors (Lipinski definition) is 3. The van der Waals surface area contributed by atoms with Crippen molar-refractivity contribution in [3.63, 3.8) is 0 Å². The van der Waals surface area contributed by atoms with Gasteiger partial charge < -0.3 is 14.6 Å². The van der Waals surface area contributed by atoms with Gasteiger partial charge in [0.25, 0.3) is 5.56 Å². The van der Waals surface area contributed by atoms with Gasteiger partial charge in [-0.25, -0.2) is 0 Å². The van der Waals surface area contributed by atoms with Gasteiger partial charge in [0.2, 0.25) is 0 Å². The first kappa shape index (κ1) is 11.9. The summed E-state index contributed by atoms with van der Waals surface area (Å²) in [5.41, 5.74) is 0.0408. The number of ether oxygens (including phenoxy) is 1. The van der Waals surface area contributed by atoms with Crippen LogP contribution in [0, 0.1) is 0 Å². The summed E-state index contributed by atoms with van der Waals surface area (Å²) in [5.74, 6) is 0. The van der Waals surface area contributed by atoms with E-state index in [1.54, 1.807) is 30.0 Å². The molecule has 1 aromatic heterocycles. The maximum Gasteiger partial charge on any atom is 0.250 e. The largest absolute Gasteiger partial charge is 0.380 e. The molecule has 1 N–H and O–H groups in total. The molecule has 1 rings (SSSR count). The first-order valence-electron chi connectivity index (χ1n) is 5.13. The average Bonchev–Trinajstić information content (AvgIpc) is 2.26. The second-order valence-electron chi connectivity index (χ2n) is 3.48. The summed E-state index contributed by atoms with van der Waals surface area (Å²) in [5, 5.41) is 3.23. The van der Waals surface area contributed by atoms with Crippen LogP contribution < -0.4 is 10.9 Å². The van der Waals surface area contributed by atoms with Gasteiger partial charge in [-0.05, 0) is 13.0 Å². The molecule has 0 amide bonds. The molecular weight excluding hydrogens is 192 g/mol. The number of methoxy groups -OCH3 is 1. The van der Waals surface area contributed by atoms with Crippen molar-refractivity contribution in [2.24, 2.45) is 0 Å². The van der Waals surface area contributed by atoms with Crippen LogP contribution in [-0.4, -0.2) is 30.9 Å². The van der Waals surface area contributed by atoms with Crippen molar-refractivity contribution >= 4 is 0 Å². The van der Waals surface area contributed by atoms with E-state index >= 15 is 0 Å². The van der Waals surface area contributed by atoms with E-state index in [1.165, 1.54) is 0 Å². The first-order chi connectivity index (χ1) is 7.24. The predicted molar refractivity (Wildman–Crippen MR) is 60.0 cm³/mol. The molecule has 1 unspecified atom stereocenters. The van der Waals surface area contributed by atoms with Crippen molar-refractivity contribution in [3.05, 3.63) is 34.7 Å². The van der Waals surface area contributed by atoms with Gasteiger partial charge in [0.15, 0.2) is 0 Å². The topological polar surface area (TPSA) is 43.3 Å². The second-order valence-corrected chi connectivity index (χ2v) is 3.48. The van der Waals surface area contributed by atoms with Crippen LogP contribution in [0.3, 0.4) is 0 Å². The molecule has 84 valence electrons. The van der Waals surface area contributed by atoms with Crippen molar-refractivity contribution in [3.8, 4) is 0 Å². The van der Waals surface area contributed by atoms with E-state index in [2.05, 4.69) is 5.32 Å². The van der Waals surface area contributed by atoms with Crippen LogP contribution >= 0.6 is 0 Å². The molecule has 0 bridgehead atoms. The summed E-state index contributed by atoms with van der Waals surface area (Å²) >= 11 is 0. The molecule has 0 aromatic carbocycles. The highest BCUT2D eigenvalue weighted by atomic mass is 16.5. The lowest BCUT2D eigenvalue weighted by Gasteiger charge is -2.11. The lowest BCUT2D eigenvalue weighted by Crippen LogP contribution is -2.31. The predicted octanol–water partition coefficient (Wildman–Crippen LogP) is 0.473. The van der Waals surface area contributed by atoms with Gasteiger partial charge in [-0.1, -0.05) is 6.07 Å². The van der Waals surface area contributed by atoms with E-state index in [0.29, 0.717) is 6.54 Å². The highest BCUT2D eigenvalue weighted by Crippen LogP contribution is 1.84. The molecular formula is C11H18N2O2. The lowest BCUT2D eigenvalue weighted by atomic mass is 10.4. The Hall–Kier alpha value is -1.13. The Morgan fingerprint density at radius 3 is 3.00 bits per heavy atom. The van der Waals surface area contributed by atoms with Crippen molar-refractivity contribution in [2.45, 2.75) is 19.6 Å². The number of hydrogen-bond donors (Lipinski definition) is 1. The van der Waals surface area contributed by atoms with E-state index in [9.17, 15) is 4.79 Å². The SMILES string of the molecule is COC(C)CNCCn1ccccc1=O. The standard InChI is InChI=1S/C11H18N2O2/c1-10(15-2)9-12-6-8-13-7-4-3-5-11(13)14/h3-5,7,10,12H,6,8-9H2,1-2H3. The number of nitrogens with zero attached hydrogens (tertiary/aromatic N) is 1. The molecule has 0 saturated carbocycles. The summed E-state index contributed by atoms with van der Waals surface area (Å²) in [6.07, 6.45) is 2.00. The van der Waals surface area contributed by atoms with Crippen LogP contribution in [0.2, 0.25) is 0 Å². The molecule has 0 aliphatic carbocycles. The number of aromatic nitrogens is 1. The van der Waals surface area contributed by atoms with E-state index in [4.69, 9.17) is 4.74 Å². The van der Waals surface area contributed by atoms with Crippen LogP contribution in [0.25, 0.3) is 0 Å². The van der Waals surface area contributed by atoms with Crippen molar-refractivity contribution in [1.29, 1.82) is 0 Å². The van der Waals surface area contributed by atoms with Crippen molar-refractivity contribution in [1.82, 2.24) is 9.88 Å². The van der Waals surface area contributed by atoms with Crippen LogP contribution in [-0.2, 0) is 11.3 Å². The quantitative estimate of drug-likeness (QED) is 0.694. The highest BCUT2D eigenvalue weighted by molar-refractivity contribution is 4.93. The minimum absolute atomic E-state index is 0.0408. The summed E-state index contributed by atoms with van der Waals surface area (Å²) in [6.45, 7) is 4.27. The smallest absolute Gasteiger partial charge is 0.250 e. The molecule has 4 nitrogen and oxygen atoms in total. The molecule has 0 fully saturated rings. The molecule has 1 atom stereocenters. The molecule has 1 heterocycles. The van der Waals surface area contributed by atoms with Gasteiger partial charge in [-0.15, -0.1) is 0 Å². The van der Waals surface area contributed by atoms with Crippen molar-refractivity contribution < 1.29 is 4.74 Å². The summed E-state index contributed by atoms with van der Waals surface area (Å²) in [6, 6.07) is 5.18.